The Labute approximate surface area is 73.4 Å². The van der Waals surface area contributed by atoms with E-state index in [1.165, 1.54) is 12.2 Å². The summed E-state index contributed by atoms with van der Waals surface area (Å²) in [5.74, 6) is 1.22. The number of nitrogens with one attached hydrogen (secondary N) is 1. The lowest BCUT2D eigenvalue weighted by molar-refractivity contribution is -0.702. The molecule has 0 aromatic carbocycles. The van der Waals surface area contributed by atoms with E-state index in [0.717, 1.165) is 19.6 Å². The molecule has 1 heterocycles. The third-order valence-corrected chi connectivity index (χ3v) is 1.97. The van der Waals surface area contributed by atoms with Crippen molar-refractivity contribution < 1.29 is 9.30 Å². The Morgan fingerprint density at radius 2 is 2.33 bits per heavy atom. The summed E-state index contributed by atoms with van der Waals surface area (Å²) < 4.78 is 7.19. The minimum Gasteiger partial charge on any atom is -0.385 e. The molecule has 0 aliphatic carbocycles. The average molecular weight is 169 g/mol. The molecule has 0 fully saturated rings. The number of nitrogens with zero attached hydrogens (tertiary/aromatic N) is 1. The maximum absolute atomic E-state index is 4.97. The molecule has 3 heteroatoms. The molecule has 0 aliphatic rings. The van der Waals surface area contributed by atoms with Crippen LogP contribution in [0, 0.1) is 6.92 Å². The highest BCUT2D eigenvalue weighted by molar-refractivity contribution is 4.70. The van der Waals surface area contributed by atoms with Crippen molar-refractivity contribution in [3.8, 4) is 0 Å². The zero-order valence-corrected chi connectivity index (χ0v) is 7.84. The molecule has 1 aromatic rings. The minimum atomic E-state index is 0.865. The van der Waals surface area contributed by atoms with Crippen molar-refractivity contribution in [3.05, 3.63) is 18.2 Å². The number of unbranched alkanes of at least 4 members (excludes halogenated alkanes) is 1. The number of aryl methyl sites for hydroxylation is 2. The molecule has 1 rings (SSSR count). The summed E-state index contributed by atoms with van der Waals surface area (Å²) in [5.41, 5.74) is 0. The van der Waals surface area contributed by atoms with Crippen molar-refractivity contribution in [2.24, 2.45) is 0 Å². The summed E-state index contributed by atoms with van der Waals surface area (Å²) >= 11 is 0. The number of rotatable bonds is 5. The van der Waals surface area contributed by atoms with E-state index in [0.29, 0.717) is 0 Å². The average Bonchev–Trinajstić information content (AvgIpc) is 2.46. The van der Waals surface area contributed by atoms with Crippen LogP contribution in [0.1, 0.15) is 18.7 Å². The highest BCUT2D eigenvalue weighted by Crippen LogP contribution is 1.90. The van der Waals surface area contributed by atoms with Gasteiger partial charge in [-0.1, -0.05) is 0 Å². The minimum absolute atomic E-state index is 0.865. The van der Waals surface area contributed by atoms with E-state index in [1.807, 2.05) is 6.20 Å². The molecule has 68 valence electrons. The number of aromatic nitrogens is 2. The smallest absolute Gasteiger partial charge is 0.251 e. The van der Waals surface area contributed by atoms with Gasteiger partial charge in [0.05, 0.1) is 6.54 Å². The van der Waals surface area contributed by atoms with Gasteiger partial charge in [0.2, 0.25) is 0 Å². The van der Waals surface area contributed by atoms with Crippen LogP contribution >= 0.6 is 0 Å². The van der Waals surface area contributed by atoms with Crippen LogP contribution in [0.3, 0.4) is 0 Å². The first-order chi connectivity index (χ1) is 5.84. The monoisotopic (exact) mass is 169 g/mol. The predicted octanol–water partition coefficient (Wildman–Crippen LogP) is 1.04. The van der Waals surface area contributed by atoms with Crippen LogP contribution in [0.4, 0.5) is 0 Å². The Morgan fingerprint density at radius 1 is 1.50 bits per heavy atom. The number of H-pyrrole nitrogens is 1. The van der Waals surface area contributed by atoms with Gasteiger partial charge in [-0.2, -0.15) is 0 Å². The number of methoxy groups -OCH3 is 1. The lowest BCUT2D eigenvalue weighted by Gasteiger charge is -1.98. The third-order valence-electron chi connectivity index (χ3n) is 1.97. The Balaban J connectivity index is 2.20. The van der Waals surface area contributed by atoms with Crippen LogP contribution in [-0.4, -0.2) is 18.7 Å². The van der Waals surface area contributed by atoms with Gasteiger partial charge in [0.25, 0.3) is 5.82 Å². The Bertz CT molecular complexity index is 220. The summed E-state index contributed by atoms with van der Waals surface area (Å²) in [6.45, 7) is 4.03. The number of hydrogen-bond acceptors (Lipinski definition) is 1. The van der Waals surface area contributed by atoms with E-state index in [2.05, 4.69) is 22.7 Å². The fourth-order valence-electron chi connectivity index (χ4n) is 1.21. The van der Waals surface area contributed by atoms with Crippen LogP contribution in [0.25, 0.3) is 0 Å². The molecular weight excluding hydrogens is 152 g/mol. The lowest BCUT2D eigenvalue weighted by Crippen LogP contribution is -2.34. The van der Waals surface area contributed by atoms with Gasteiger partial charge in [-0.05, 0) is 12.8 Å². The van der Waals surface area contributed by atoms with Gasteiger partial charge in [-0.15, -0.1) is 0 Å². The summed E-state index contributed by atoms with van der Waals surface area (Å²) in [6, 6.07) is 0. The molecule has 0 saturated carbocycles. The first-order valence-corrected chi connectivity index (χ1v) is 4.37. The van der Waals surface area contributed by atoms with E-state index in [1.54, 1.807) is 7.11 Å². The number of aromatic amines is 1. The summed E-state index contributed by atoms with van der Waals surface area (Å²) in [5, 5.41) is 0. The van der Waals surface area contributed by atoms with Gasteiger partial charge in [0.15, 0.2) is 0 Å². The van der Waals surface area contributed by atoms with E-state index < -0.39 is 0 Å². The third kappa shape index (κ3) is 2.66. The summed E-state index contributed by atoms with van der Waals surface area (Å²) in [6.07, 6.45) is 6.35. The van der Waals surface area contributed by atoms with Gasteiger partial charge in [-0.25, -0.2) is 9.55 Å². The topological polar surface area (TPSA) is 28.9 Å². The molecule has 0 bridgehead atoms. The Hall–Kier alpha value is -0.830. The van der Waals surface area contributed by atoms with Crippen LogP contribution in [-0.2, 0) is 11.3 Å². The lowest BCUT2D eigenvalue weighted by atomic mass is 10.3. The zero-order valence-electron chi connectivity index (χ0n) is 7.84. The molecule has 0 saturated heterocycles. The SMILES string of the molecule is COCCCC[n+]1cc[nH]c1C. The molecule has 0 spiro atoms. The van der Waals surface area contributed by atoms with Crippen LogP contribution in [0.15, 0.2) is 12.4 Å². The molecule has 1 aromatic heterocycles. The van der Waals surface area contributed by atoms with E-state index in [9.17, 15) is 0 Å². The normalized spacial score (nSPS) is 10.5. The first-order valence-electron chi connectivity index (χ1n) is 4.37. The first kappa shape index (κ1) is 9.26. The molecular formula is C9H17N2O+. The second-order valence-corrected chi connectivity index (χ2v) is 2.94. The van der Waals surface area contributed by atoms with Crippen LogP contribution < -0.4 is 4.57 Å². The largest absolute Gasteiger partial charge is 0.385 e. The van der Waals surface area contributed by atoms with Gasteiger partial charge < -0.3 is 4.74 Å². The quantitative estimate of drug-likeness (QED) is 0.518. The number of imidazole rings is 1. The van der Waals surface area contributed by atoms with E-state index >= 15 is 0 Å². The molecule has 0 aliphatic heterocycles. The van der Waals surface area contributed by atoms with Crippen molar-refractivity contribution in [3.63, 3.8) is 0 Å². The second kappa shape index (κ2) is 4.93. The fraction of sp³-hybridized carbons (Fsp3) is 0.667. The second-order valence-electron chi connectivity index (χ2n) is 2.94. The van der Waals surface area contributed by atoms with Crippen molar-refractivity contribution in [2.75, 3.05) is 13.7 Å². The van der Waals surface area contributed by atoms with Gasteiger partial charge >= 0.3 is 0 Å². The standard InChI is InChI=1S/C9H16N2O/c1-9-10-5-7-11(9)6-3-4-8-12-2/h5,7H,3-4,6,8H2,1-2H3/p+1. The van der Waals surface area contributed by atoms with Crippen molar-refractivity contribution in [1.82, 2.24) is 4.98 Å². The molecule has 0 unspecified atom stereocenters. The highest BCUT2D eigenvalue weighted by atomic mass is 16.5. The van der Waals surface area contributed by atoms with Crippen LogP contribution in [0.2, 0.25) is 0 Å². The highest BCUT2D eigenvalue weighted by Gasteiger charge is 2.02. The molecule has 1 N–H and O–H groups in total. The number of ether oxygens (including phenoxy) is 1. The molecule has 0 radical (unpaired) electrons. The van der Waals surface area contributed by atoms with Crippen molar-refractivity contribution in [2.45, 2.75) is 26.3 Å². The fourth-order valence-corrected chi connectivity index (χ4v) is 1.21. The molecule has 12 heavy (non-hydrogen) atoms. The summed E-state index contributed by atoms with van der Waals surface area (Å²) in [4.78, 5) is 3.14. The zero-order chi connectivity index (χ0) is 8.81. The van der Waals surface area contributed by atoms with E-state index in [-0.39, 0.29) is 0 Å². The predicted molar refractivity (Wildman–Crippen MR) is 46.8 cm³/mol. The molecule has 3 nitrogen and oxygen atoms in total. The Kier molecular flexibility index (Phi) is 3.80. The maximum Gasteiger partial charge on any atom is 0.251 e. The van der Waals surface area contributed by atoms with Crippen LogP contribution in [0.5, 0.6) is 0 Å². The van der Waals surface area contributed by atoms with E-state index in [4.69, 9.17) is 4.74 Å². The molecule has 0 atom stereocenters. The van der Waals surface area contributed by atoms with Gasteiger partial charge in [-0.3, -0.25) is 0 Å². The van der Waals surface area contributed by atoms with Gasteiger partial charge in [0, 0.05) is 20.6 Å². The summed E-state index contributed by atoms with van der Waals surface area (Å²) in [7, 11) is 1.74. The maximum atomic E-state index is 4.97. The molecule has 0 amide bonds. The Morgan fingerprint density at radius 3 is 2.92 bits per heavy atom. The van der Waals surface area contributed by atoms with Crippen molar-refractivity contribution >= 4 is 0 Å². The van der Waals surface area contributed by atoms with Gasteiger partial charge in [0.1, 0.15) is 12.4 Å². The number of hydrogen-bond donors (Lipinski definition) is 1. The van der Waals surface area contributed by atoms with Crippen molar-refractivity contribution in [1.29, 1.82) is 0 Å².